The summed E-state index contributed by atoms with van der Waals surface area (Å²) >= 11 is 0. The number of carbonyl (C=O) groups excluding carboxylic acids is 1. The van der Waals surface area contributed by atoms with Crippen LogP contribution in [-0.4, -0.2) is 62.4 Å². The molecule has 2 aliphatic heterocycles. The molecule has 5 nitrogen and oxygen atoms in total. The van der Waals surface area contributed by atoms with Crippen molar-refractivity contribution in [1.29, 1.82) is 0 Å². The van der Waals surface area contributed by atoms with E-state index in [1.807, 2.05) is 4.90 Å². The standard InChI is InChI=1S/C13H24N2O3.ClH/c1-11-9-14-5-6-15(11)13(16)4-8-17-10-12-3-2-7-18-12;/h11-12,14H,2-10H2,1H3;1H/t11-,12?;/m1./s1. The molecule has 1 amide bonds. The highest BCUT2D eigenvalue weighted by Crippen LogP contribution is 2.12. The van der Waals surface area contributed by atoms with Gasteiger partial charge in [-0.05, 0) is 19.8 Å². The van der Waals surface area contributed by atoms with Crippen molar-refractivity contribution >= 4 is 18.3 Å². The molecule has 2 fully saturated rings. The Kier molecular flexibility index (Phi) is 7.68. The summed E-state index contributed by atoms with van der Waals surface area (Å²) in [5.74, 6) is 0.205. The minimum atomic E-state index is 0. The number of carbonyl (C=O) groups is 1. The lowest BCUT2D eigenvalue weighted by atomic mass is 10.2. The fourth-order valence-corrected chi connectivity index (χ4v) is 2.51. The summed E-state index contributed by atoms with van der Waals surface area (Å²) in [7, 11) is 0. The lowest BCUT2D eigenvalue weighted by Gasteiger charge is -2.34. The van der Waals surface area contributed by atoms with Gasteiger partial charge in [-0.1, -0.05) is 0 Å². The van der Waals surface area contributed by atoms with Crippen LogP contribution in [0.3, 0.4) is 0 Å². The summed E-state index contributed by atoms with van der Waals surface area (Å²) in [4.78, 5) is 13.9. The number of nitrogens with zero attached hydrogens (tertiary/aromatic N) is 1. The van der Waals surface area contributed by atoms with Crippen LogP contribution in [0.5, 0.6) is 0 Å². The van der Waals surface area contributed by atoms with E-state index >= 15 is 0 Å². The second-order valence-electron chi connectivity index (χ2n) is 5.10. The van der Waals surface area contributed by atoms with Gasteiger partial charge in [-0.2, -0.15) is 0 Å². The van der Waals surface area contributed by atoms with Gasteiger partial charge in [0.2, 0.25) is 5.91 Å². The molecule has 0 aromatic heterocycles. The summed E-state index contributed by atoms with van der Waals surface area (Å²) in [5.41, 5.74) is 0. The third-order valence-electron chi connectivity index (χ3n) is 3.61. The maximum absolute atomic E-state index is 12.0. The molecule has 2 rings (SSSR count). The van der Waals surface area contributed by atoms with Gasteiger partial charge in [0.25, 0.3) is 0 Å². The van der Waals surface area contributed by atoms with Crippen molar-refractivity contribution in [2.75, 3.05) is 39.5 Å². The summed E-state index contributed by atoms with van der Waals surface area (Å²) in [6.07, 6.45) is 2.95. The van der Waals surface area contributed by atoms with E-state index < -0.39 is 0 Å². The van der Waals surface area contributed by atoms with Crippen LogP contribution in [-0.2, 0) is 14.3 Å². The van der Waals surface area contributed by atoms with Gasteiger partial charge in [0, 0.05) is 32.3 Å². The molecule has 2 atom stereocenters. The largest absolute Gasteiger partial charge is 0.378 e. The molecule has 0 radical (unpaired) electrons. The number of amides is 1. The molecule has 0 aromatic rings. The van der Waals surface area contributed by atoms with Crippen molar-refractivity contribution in [3.8, 4) is 0 Å². The first-order valence-corrected chi connectivity index (χ1v) is 6.97. The van der Waals surface area contributed by atoms with Gasteiger partial charge in [-0.25, -0.2) is 0 Å². The van der Waals surface area contributed by atoms with Crippen molar-refractivity contribution in [3.63, 3.8) is 0 Å². The second kappa shape index (κ2) is 8.74. The van der Waals surface area contributed by atoms with Crippen LogP contribution in [0.15, 0.2) is 0 Å². The molecule has 2 saturated heterocycles. The van der Waals surface area contributed by atoms with Crippen molar-refractivity contribution < 1.29 is 14.3 Å². The molecule has 6 heteroatoms. The maximum Gasteiger partial charge on any atom is 0.225 e. The van der Waals surface area contributed by atoms with E-state index in [9.17, 15) is 4.79 Å². The average molecular weight is 293 g/mol. The number of halogens is 1. The zero-order valence-corrected chi connectivity index (χ0v) is 12.4. The first-order valence-electron chi connectivity index (χ1n) is 6.97. The number of rotatable bonds is 5. The molecule has 2 heterocycles. The van der Waals surface area contributed by atoms with Gasteiger partial charge < -0.3 is 19.7 Å². The topological polar surface area (TPSA) is 50.8 Å². The SMILES string of the molecule is C[C@@H]1CNCCN1C(=O)CCOCC1CCCO1.Cl. The van der Waals surface area contributed by atoms with E-state index in [1.54, 1.807) is 0 Å². The molecule has 1 unspecified atom stereocenters. The third kappa shape index (κ3) is 5.26. The van der Waals surface area contributed by atoms with Crippen molar-refractivity contribution in [2.24, 2.45) is 0 Å². The molecule has 0 spiro atoms. The minimum Gasteiger partial charge on any atom is -0.378 e. The molecule has 1 N–H and O–H groups in total. The van der Waals surface area contributed by atoms with Crippen molar-refractivity contribution in [2.45, 2.75) is 38.3 Å². The zero-order chi connectivity index (χ0) is 12.8. The monoisotopic (exact) mass is 292 g/mol. The lowest BCUT2D eigenvalue weighted by molar-refractivity contribution is -0.135. The first-order chi connectivity index (χ1) is 8.77. The minimum absolute atomic E-state index is 0. The first kappa shape index (κ1) is 16.7. The van der Waals surface area contributed by atoms with Crippen LogP contribution >= 0.6 is 12.4 Å². The summed E-state index contributed by atoms with van der Waals surface area (Å²) in [6.45, 7) is 6.67. The predicted octanol–water partition coefficient (Wildman–Crippen LogP) is 0.814. The lowest BCUT2D eigenvalue weighted by Crippen LogP contribution is -2.52. The van der Waals surface area contributed by atoms with Crippen LogP contribution in [0.25, 0.3) is 0 Å². The Morgan fingerprint density at radius 1 is 1.53 bits per heavy atom. The Morgan fingerprint density at radius 3 is 3.05 bits per heavy atom. The Bertz CT molecular complexity index is 273. The van der Waals surface area contributed by atoms with Gasteiger partial charge >= 0.3 is 0 Å². The molecular weight excluding hydrogens is 268 g/mol. The van der Waals surface area contributed by atoms with Crippen LogP contribution in [0.2, 0.25) is 0 Å². The molecule has 112 valence electrons. The summed E-state index contributed by atoms with van der Waals surface area (Å²) < 4.78 is 11.0. The average Bonchev–Trinajstić information content (AvgIpc) is 2.88. The van der Waals surface area contributed by atoms with Gasteiger partial charge in [0.05, 0.1) is 25.7 Å². The van der Waals surface area contributed by atoms with Gasteiger partial charge in [0.15, 0.2) is 0 Å². The summed E-state index contributed by atoms with van der Waals surface area (Å²) in [5, 5.41) is 3.28. The van der Waals surface area contributed by atoms with Gasteiger partial charge in [-0.3, -0.25) is 4.79 Å². The van der Waals surface area contributed by atoms with Crippen molar-refractivity contribution in [1.82, 2.24) is 10.2 Å². The Hall–Kier alpha value is -0.360. The number of ether oxygens (including phenoxy) is 2. The van der Waals surface area contributed by atoms with Crippen LogP contribution in [0.1, 0.15) is 26.2 Å². The highest BCUT2D eigenvalue weighted by atomic mass is 35.5. The fourth-order valence-electron chi connectivity index (χ4n) is 2.51. The van der Waals surface area contributed by atoms with E-state index in [0.717, 1.165) is 39.1 Å². The molecule has 19 heavy (non-hydrogen) atoms. The highest BCUT2D eigenvalue weighted by Gasteiger charge is 2.22. The molecule has 0 bridgehead atoms. The van der Waals surface area contributed by atoms with Crippen LogP contribution in [0, 0.1) is 0 Å². The quantitative estimate of drug-likeness (QED) is 0.762. The Balaban J connectivity index is 0.00000180. The van der Waals surface area contributed by atoms with Crippen LogP contribution in [0.4, 0.5) is 0 Å². The summed E-state index contributed by atoms with van der Waals surface area (Å²) in [6, 6.07) is 0.296. The van der Waals surface area contributed by atoms with Crippen molar-refractivity contribution in [3.05, 3.63) is 0 Å². The second-order valence-corrected chi connectivity index (χ2v) is 5.10. The van der Waals surface area contributed by atoms with E-state index in [1.165, 1.54) is 0 Å². The normalized spacial score (nSPS) is 27.1. The smallest absolute Gasteiger partial charge is 0.225 e. The Morgan fingerprint density at radius 2 is 2.37 bits per heavy atom. The fraction of sp³-hybridized carbons (Fsp3) is 0.923. The molecule has 0 aromatic carbocycles. The number of hydrogen-bond acceptors (Lipinski definition) is 4. The van der Waals surface area contributed by atoms with E-state index in [0.29, 0.717) is 25.7 Å². The molecule has 0 saturated carbocycles. The maximum atomic E-state index is 12.0. The number of hydrogen-bond donors (Lipinski definition) is 1. The third-order valence-corrected chi connectivity index (χ3v) is 3.61. The van der Waals surface area contributed by atoms with E-state index in [-0.39, 0.29) is 24.4 Å². The molecule has 0 aliphatic carbocycles. The molecular formula is C13H25ClN2O3. The number of nitrogens with one attached hydrogen (secondary N) is 1. The number of piperazine rings is 1. The van der Waals surface area contributed by atoms with Gasteiger partial charge in [0.1, 0.15) is 0 Å². The van der Waals surface area contributed by atoms with Gasteiger partial charge in [-0.15, -0.1) is 12.4 Å². The molecule has 2 aliphatic rings. The van der Waals surface area contributed by atoms with E-state index in [4.69, 9.17) is 9.47 Å². The van der Waals surface area contributed by atoms with Crippen LogP contribution < -0.4 is 5.32 Å². The Labute approximate surface area is 121 Å². The van der Waals surface area contributed by atoms with E-state index in [2.05, 4.69) is 12.2 Å². The predicted molar refractivity (Wildman–Crippen MR) is 75.7 cm³/mol. The highest BCUT2D eigenvalue weighted by molar-refractivity contribution is 5.85. The zero-order valence-electron chi connectivity index (χ0n) is 11.6.